The molecule has 0 saturated carbocycles. The van der Waals surface area contributed by atoms with Gasteiger partial charge in [-0.15, -0.1) is 0 Å². The third-order valence-electron chi connectivity index (χ3n) is 7.40. The molecule has 0 aliphatic rings. The number of carbonyl (C=O) groups is 2. The van der Waals surface area contributed by atoms with E-state index >= 15 is 0 Å². The van der Waals surface area contributed by atoms with Crippen LogP contribution in [-0.2, 0) is 30.9 Å². The Labute approximate surface area is 242 Å². The van der Waals surface area contributed by atoms with E-state index < -0.39 is 22.0 Å². The first kappa shape index (κ1) is 32.0. The van der Waals surface area contributed by atoms with Gasteiger partial charge in [0, 0.05) is 29.7 Å². The molecular formula is C30H41N4O6S+. The number of nitrogens with two attached hydrogens (primary N) is 1. The average molecular weight is 586 g/mol. The predicted molar refractivity (Wildman–Crippen MR) is 157 cm³/mol. The maximum absolute atomic E-state index is 13.7. The van der Waals surface area contributed by atoms with Crippen LogP contribution in [-0.4, -0.2) is 56.2 Å². The Morgan fingerprint density at radius 1 is 1.10 bits per heavy atom. The highest BCUT2D eigenvalue weighted by Gasteiger charge is 2.48. The van der Waals surface area contributed by atoms with Gasteiger partial charge in [-0.05, 0) is 31.9 Å². The number of aryl methyl sites for hydroxylation is 1. The van der Waals surface area contributed by atoms with Crippen LogP contribution in [0.15, 0.2) is 57.9 Å². The van der Waals surface area contributed by atoms with Crippen molar-refractivity contribution in [2.45, 2.75) is 64.9 Å². The van der Waals surface area contributed by atoms with Crippen LogP contribution >= 0.6 is 0 Å². The Morgan fingerprint density at radius 3 is 2.29 bits per heavy atom. The van der Waals surface area contributed by atoms with Crippen molar-refractivity contribution >= 4 is 27.7 Å². The van der Waals surface area contributed by atoms with Crippen molar-refractivity contribution < 1.29 is 31.7 Å². The van der Waals surface area contributed by atoms with Gasteiger partial charge in [0.05, 0.1) is 23.6 Å². The Morgan fingerprint density at radius 2 is 1.76 bits per heavy atom. The second kappa shape index (κ2) is 13.4. The number of carbonyl (C=O) groups excluding carboxylic acids is 2. The van der Waals surface area contributed by atoms with Gasteiger partial charge >= 0.3 is 5.91 Å². The minimum atomic E-state index is -4.00. The number of hydrogen-bond donors (Lipinski definition) is 2. The monoisotopic (exact) mass is 585 g/mol. The van der Waals surface area contributed by atoms with E-state index in [0.29, 0.717) is 41.8 Å². The molecule has 0 bridgehead atoms. The molecule has 222 valence electrons. The highest BCUT2D eigenvalue weighted by Crippen LogP contribution is 2.32. The van der Waals surface area contributed by atoms with Crippen LogP contribution in [0.2, 0.25) is 0 Å². The number of ether oxygens (including phenoxy) is 1. The van der Waals surface area contributed by atoms with Gasteiger partial charge in [-0.3, -0.25) is 4.79 Å². The summed E-state index contributed by atoms with van der Waals surface area (Å²) in [5.74, 6) is -0.692. The van der Waals surface area contributed by atoms with E-state index in [0.717, 1.165) is 5.56 Å². The van der Waals surface area contributed by atoms with Gasteiger partial charge in [-0.1, -0.05) is 68.4 Å². The first-order chi connectivity index (χ1) is 19.4. The number of aromatic nitrogens is 1. The van der Waals surface area contributed by atoms with Crippen LogP contribution in [0.3, 0.4) is 0 Å². The van der Waals surface area contributed by atoms with E-state index in [-0.39, 0.29) is 40.2 Å². The molecule has 3 aromatic rings. The van der Waals surface area contributed by atoms with Gasteiger partial charge < -0.3 is 15.0 Å². The molecule has 11 heteroatoms. The lowest BCUT2D eigenvalue weighted by atomic mass is 9.95. The second-order valence-electron chi connectivity index (χ2n) is 10.7. The summed E-state index contributed by atoms with van der Waals surface area (Å²) in [6, 6.07) is 13.3. The Hall–Kier alpha value is -3.54. The first-order valence-electron chi connectivity index (χ1n) is 13.7. The van der Waals surface area contributed by atoms with Crippen molar-refractivity contribution in [3.8, 4) is 11.1 Å². The van der Waals surface area contributed by atoms with Gasteiger partial charge in [-0.25, -0.2) is 22.4 Å². The molecule has 10 nitrogen and oxygen atoms in total. The van der Waals surface area contributed by atoms with Gasteiger partial charge in [0.1, 0.15) is 13.1 Å². The number of benzene rings is 2. The highest BCUT2D eigenvalue weighted by atomic mass is 32.2. The first-order valence-corrected chi connectivity index (χ1v) is 15.2. The lowest BCUT2D eigenvalue weighted by Crippen LogP contribution is -2.65. The van der Waals surface area contributed by atoms with Crippen LogP contribution in [0.25, 0.3) is 11.1 Å². The number of hydrogen-bond acceptors (Lipinski definition) is 7. The minimum Gasteiger partial charge on any atom is -0.379 e. The number of anilines is 1. The maximum Gasteiger partial charge on any atom is 0.314 e. The Kier molecular flexibility index (Phi) is 10.5. The van der Waals surface area contributed by atoms with Crippen LogP contribution in [0, 0.1) is 19.8 Å². The smallest absolute Gasteiger partial charge is 0.314 e. The Bertz CT molecular complexity index is 1470. The predicted octanol–water partition coefficient (Wildman–Crippen LogP) is 4.56. The zero-order valence-corrected chi connectivity index (χ0v) is 25.5. The third kappa shape index (κ3) is 7.03. The number of nitrogens with one attached hydrogen (secondary N) is 1. The summed E-state index contributed by atoms with van der Waals surface area (Å²) >= 11 is 0. The molecule has 0 fully saturated rings. The molecule has 2 amide bonds. The fourth-order valence-electron chi connectivity index (χ4n) is 5.26. The molecule has 0 saturated heterocycles. The van der Waals surface area contributed by atoms with Crippen LogP contribution in [0.4, 0.5) is 5.88 Å². The fourth-order valence-corrected chi connectivity index (χ4v) is 6.54. The number of nitrogens with zero attached hydrogens (tertiary/aromatic N) is 2. The SMILES string of the molecule is CCCC(=O)[N+](CCOC)(Cc1ccc(-c2ccccc2S(=O)(=O)Nc2onc(C)c2C)cc1)[C@H](C(N)=O)C(C)C. The van der Waals surface area contributed by atoms with E-state index in [4.69, 9.17) is 15.0 Å². The number of quaternary nitrogens is 1. The highest BCUT2D eigenvalue weighted by molar-refractivity contribution is 7.92. The molecule has 3 N–H and O–H groups in total. The number of methoxy groups -OCH3 is 1. The zero-order chi connectivity index (χ0) is 30.4. The summed E-state index contributed by atoms with van der Waals surface area (Å²) in [5, 5.41) is 3.83. The summed E-state index contributed by atoms with van der Waals surface area (Å²) < 4.78 is 39.6. The third-order valence-corrected chi connectivity index (χ3v) is 8.79. The van der Waals surface area contributed by atoms with E-state index in [2.05, 4.69) is 9.88 Å². The molecule has 0 aliphatic heterocycles. The molecule has 0 spiro atoms. The summed E-state index contributed by atoms with van der Waals surface area (Å²) in [7, 11) is -2.43. The van der Waals surface area contributed by atoms with Crippen molar-refractivity contribution in [1.29, 1.82) is 0 Å². The molecule has 0 radical (unpaired) electrons. The molecule has 1 aromatic heterocycles. The minimum absolute atomic E-state index is 0.0633. The van der Waals surface area contributed by atoms with Crippen molar-refractivity contribution in [2.24, 2.45) is 11.7 Å². The zero-order valence-electron chi connectivity index (χ0n) is 24.6. The fraction of sp³-hybridized carbons (Fsp3) is 0.433. The van der Waals surface area contributed by atoms with E-state index in [9.17, 15) is 18.0 Å². The van der Waals surface area contributed by atoms with Crippen molar-refractivity contribution in [3.05, 3.63) is 65.4 Å². The number of rotatable bonds is 14. The van der Waals surface area contributed by atoms with Gasteiger partial charge in [0.15, 0.2) is 6.04 Å². The standard InChI is InChI=1S/C30H40N4O6S/c1-7-10-27(35)34(17-18-39-6,28(20(2)3)29(31)36)19-23-13-15-24(16-14-23)25-11-8-9-12-26(25)41(37,38)33-30-21(4)22(5)32-40-30/h8-9,11-16,20,28H,7,10,17-19H2,1-6H3,(H2-,31,32,33,36)/p+1/t28-,34?/m0/s1. The second-order valence-corrected chi connectivity index (χ2v) is 12.3. The van der Waals surface area contributed by atoms with Crippen molar-refractivity contribution in [3.63, 3.8) is 0 Å². The van der Waals surface area contributed by atoms with Crippen LogP contribution in [0.1, 0.15) is 50.4 Å². The molecule has 2 aromatic carbocycles. The number of amides is 2. The molecule has 0 aliphatic carbocycles. The molecule has 1 heterocycles. The molecule has 1 unspecified atom stereocenters. The van der Waals surface area contributed by atoms with Crippen LogP contribution < -0.4 is 10.5 Å². The summed E-state index contributed by atoms with van der Waals surface area (Å²) in [6.45, 7) is 10.0. The maximum atomic E-state index is 13.7. The van der Waals surface area contributed by atoms with E-state index in [1.807, 2.05) is 45.0 Å². The van der Waals surface area contributed by atoms with E-state index in [1.165, 1.54) is 6.07 Å². The van der Waals surface area contributed by atoms with Crippen LogP contribution in [0.5, 0.6) is 0 Å². The van der Waals surface area contributed by atoms with Gasteiger partial charge in [-0.2, -0.15) is 0 Å². The van der Waals surface area contributed by atoms with Gasteiger partial charge in [0.25, 0.3) is 15.9 Å². The quantitative estimate of drug-likeness (QED) is 0.264. The lowest BCUT2D eigenvalue weighted by Gasteiger charge is -2.42. The summed E-state index contributed by atoms with van der Waals surface area (Å²) in [4.78, 5) is 26.5. The average Bonchev–Trinajstić information content (AvgIpc) is 3.23. The Balaban J connectivity index is 2.02. The molecule has 2 atom stereocenters. The summed E-state index contributed by atoms with van der Waals surface area (Å²) in [6.07, 6.45) is 0.946. The number of primary amides is 1. The largest absolute Gasteiger partial charge is 0.379 e. The lowest BCUT2D eigenvalue weighted by molar-refractivity contribution is -0.887. The normalized spacial score (nSPS) is 14.0. The van der Waals surface area contributed by atoms with E-state index in [1.54, 1.807) is 39.2 Å². The summed E-state index contributed by atoms with van der Waals surface area (Å²) in [5.41, 5.74) is 9.08. The van der Waals surface area contributed by atoms with Crippen molar-refractivity contribution in [1.82, 2.24) is 5.16 Å². The molecule has 41 heavy (non-hydrogen) atoms. The number of sulfonamides is 1. The molecule has 3 rings (SSSR count). The molecular weight excluding hydrogens is 544 g/mol. The topological polar surface area (TPSA) is 142 Å². The van der Waals surface area contributed by atoms with Gasteiger partial charge in [0.2, 0.25) is 5.88 Å². The van der Waals surface area contributed by atoms with Crippen molar-refractivity contribution in [2.75, 3.05) is 25.0 Å².